The van der Waals surface area contributed by atoms with Crippen LogP contribution < -0.4 is 5.32 Å². The van der Waals surface area contributed by atoms with Gasteiger partial charge in [0.1, 0.15) is 5.75 Å². The van der Waals surface area contributed by atoms with Gasteiger partial charge in [0, 0.05) is 16.1 Å². The molecule has 0 spiro atoms. The van der Waals surface area contributed by atoms with Crippen molar-refractivity contribution in [1.82, 2.24) is 4.98 Å². The van der Waals surface area contributed by atoms with Crippen LogP contribution >= 0.6 is 11.6 Å². The average molecular weight is 339 g/mol. The molecule has 1 heterocycles. The number of anilines is 1. The van der Waals surface area contributed by atoms with E-state index in [1.807, 2.05) is 6.07 Å². The van der Waals surface area contributed by atoms with Gasteiger partial charge >= 0.3 is 0 Å². The van der Waals surface area contributed by atoms with Gasteiger partial charge < -0.3 is 10.4 Å². The molecule has 0 saturated heterocycles. The number of halogens is 1. The molecule has 1 aliphatic carbocycles. The van der Waals surface area contributed by atoms with Crippen LogP contribution in [0.15, 0.2) is 42.5 Å². The molecule has 0 bridgehead atoms. The zero-order valence-electron chi connectivity index (χ0n) is 12.8. The number of aryl methyl sites for hydroxylation is 1. The van der Waals surface area contributed by atoms with Crippen molar-refractivity contribution in [1.29, 1.82) is 0 Å². The number of para-hydroxylation sites is 2. The summed E-state index contributed by atoms with van der Waals surface area (Å²) in [4.78, 5) is 17.6. The Hall–Kier alpha value is -2.59. The molecule has 24 heavy (non-hydrogen) atoms. The summed E-state index contributed by atoms with van der Waals surface area (Å²) in [5.41, 5.74) is 3.73. The standard InChI is InChI=1S/C19H15ClN2O2/c20-11-8-9-15-13(10-11)18(12-4-3-6-14(12)21-15)19(24)22-16-5-1-2-7-17(16)23/h1-2,5,7-10,23H,3-4,6H2,(H,22,24). The van der Waals surface area contributed by atoms with Gasteiger partial charge in [-0.25, -0.2) is 0 Å². The number of benzene rings is 2. The first-order valence-electron chi connectivity index (χ1n) is 7.84. The van der Waals surface area contributed by atoms with E-state index in [0.29, 0.717) is 16.3 Å². The van der Waals surface area contributed by atoms with Gasteiger partial charge in [0.25, 0.3) is 5.91 Å². The van der Waals surface area contributed by atoms with Crippen LogP contribution in [-0.4, -0.2) is 16.0 Å². The summed E-state index contributed by atoms with van der Waals surface area (Å²) >= 11 is 6.13. The van der Waals surface area contributed by atoms with E-state index in [-0.39, 0.29) is 11.7 Å². The number of nitrogens with zero attached hydrogens (tertiary/aromatic N) is 1. The number of rotatable bonds is 2. The van der Waals surface area contributed by atoms with E-state index in [1.54, 1.807) is 36.4 Å². The minimum absolute atomic E-state index is 0.0406. The van der Waals surface area contributed by atoms with E-state index < -0.39 is 0 Å². The summed E-state index contributed by atoms with van der Waals surface area (Å²) < 4.78 is 0. The van der Waals surface area contributed by atoms with Crippen LogP contribution in [0, 0.1) is 0 Å². The minimum Gasteiger partial charge on any atom is -0.506 e. The van der Waals surface area contributed by atoms with Gasteiger partial charge in [-0.2, -0.15) is 0 Å². The van der Waals surface area contributed by atoms with Crippen molar-refractivity contribution in [2.24, 2.45) is 0 Å². The topological polar surface area (TPSA) is 62.2 Å². The molecular weight excluding hydrogens is 324 g/mol. The predicted octanol–water partition coefficient (Wildman–Crippen LogP) is 4.33. The Bertz CT molecular complexity index is 969. The number of nitrogens with one attached hydrogen (secondary N) is 1. The van der Waals surface area contributed by atoms with Gasteiger partial charge in [0.05, 0.1) is 16.8 Å². The summed E-state index contributed by atoms with van der Waals surface area (Å²) in [6, 6.07) is 12.1. The lowest BCUT2D eigenvalue weighted by molar-refractivity contribution is 0.102. The lowest BCUT2D eigenvalue weighted by atomic mass is 10.0. The number of aromatic nitrogens is 1. The fourth-order valence-electron chi connectivity index (χ4n) is 3.26. The Morgan fingerprint density at radius 3 is 2.83 bits per heavy atom. The molecule has 3 aromatic rings. The summed E-state index contributed by atoms with van der Waals surface area (Å²) in [5.74, 6) is -0.205. The van der Waals surface area contributed by atoms with Crippen molar-refractivity contribution in [2.75, 3.05) is 5.32 Å². The van der Waals surface area contributed by atoms with Crippen LogP contribution in [-0.2, 0) is 12.8 Å². The Balaban J connectivity index is 1.87. The number of phenols is 1. The smallest absolute Gasteiger partial charge is 0.256 e. The molecule has 0 aliphatic heterocycles. The van der Waals surface area contributed by atoms with E-state index in [1.165, 1.54) is 0 Å². The van der Waals surface area contributed by atoms with Gasteiger partial charge in [0.2, 0.25) is 0 Å². The lowest BCUT2D eigenvalue weighted by Gasteiger charge is -2.13. The summed E-state index contributed by atoms with van der Waals surface area (Å²) in [6.07, 6.45) is 2.70. The van der Waals surface area contributed by atoms with Crippen LogP contribution in [0.3, 0.4) is 0 Å². The van der Waals surface area contributed by atoms with Crippen LogP contribution in [0.25, 0.3) is 10.9 Å². The highest BCUT2D eigenvalue weighted by Crippen LogP contribution is 2.32. The third-order valence-electron chi connectivity index (χ3n) is 4.35. The van der Waals surface area contributed by atoms with Crippen molar-refractivity contribution in [2.45, 2.75) is 19.3 Å². The second kappa shape index (κ2) is 5.80. The van der Waals surface area contributed by atoms with Crippen LogP contribution in [0.4, 0.5) is 5.69 Å². The first-order chi connectivity index (χ1) is 11.6. The van der Waals surface area contributed by atoms with Crippen molar-refractivity contribution in [3.8, 4) is 5.75 Å². The van der Waals surface area contributed by atoms with Crippen LogP contribution in [0.2, 0.25) is 5.02 Å². The highest BCUT2D eigenvalue weighted by Gasteiger charge is 2.24. The van der Waals surface area contributed by atoms with E-state index in [2.05, 4.69) is 10.3 Å². The molecule has 4 nitrogen and oxygen atoms in total. The SMILES string of the molecule is O=C(Nc1ccccc1O)c1c2c(nc3ccc(Cl)cc13)CCC2. The molecule has 1 aliphatic rings. The Kier molecular flexibility index (Phi) is 3.62. The quantitative estimate of drug-likeness (QED) is 0.683. The molecule has 1 aromatic heterocycles. The predicted molar refractivity (Wildman–Crippen MR) is 94.8 cm³/mol. The lowest BCUT2D eigenvalue weighted by Crippen LogP contribution is -2.15. The number of aromatic hydroxyl groups is 1. The van der Waals surface area contributed by atoms with E-state index >= 15 is 0 Å². The third kappa shape index (κ3) is 2.49. The molecule has 4 rings (SSSR count). The van der Waals surface area contributed by atoms with Gasteiger partial charge in [-0.3, -0.25) is 9.78 Å². The van der Waals surface area contributed by atoms with E-state index in [4.69, 9.17) is 11.6 Å². The zero-order chi connectivity index (χ0) is 16.7. The minimum atomic E-state index is -0.246. The number of carbonyl (C=O) groups excluding carboxylic acids is 1. The monoisotopic (exact) mass is 338 g/mol. The first-order valence-corrected chi connectivity index (χ1v) is 8.21. The molecule has 0 atom stereocenters. The number of carbonyl (C=O) groups is 1. The van der Waals surface area contributed by atoms with E-state index in [0.717, 1.165) is 41.4 Å². The van der Waals surface area contributed by atoms with E-state index in [9.17, 15) is 9.90 Å². The maximum atomic E-state index is 13.0. The molecule has 0 saturated carbocycles. The number of fused-ring (bicyclic) bond motifs is 2. The molecule has 2 N–H and O–H groups in total. The number of hydrogen-bond acceptors (Lipinski definition) is 3. The normalized spacial score (nSPS) is 13.0. The number of amides is 1. The average Bonchev–Trinajstić information content (AvgIpc) is 3.02. The van der Waals surface area contributed by atoms with Crippen LogP contribution in [0.1, 0.15) is 28.0 Å². The van der Waals surface area contributed by atoms with Gasteiger partial charge in [-0.05, 0) is 55.2 Å². The maximum absolute atomic E-state index is 13.0. The molecule has 0 radical (unpaired) electrons. The first kappa shape index (κ1) is 15.0. The molecule has 5 heteroatoms. The fourth-order valence-corrected chi connectivity index (χ4v) is 3.43. The van der Waals surface area contributed by atoms with Crippen molar-refractivity contribution in [3.63, 3.8) is 0 Å². The Morgan fingerprint density at radius 1 is 1.17 bits per heavy atom. The molecular formula is C19H15ClN2O2. The second-order valence-corrected chi connectivity index (χ2v) is 6.33. The number of phenolic OH excluding ortho intramolecular Hbond substituents is 1. The highest BCUT2D eigenvalue weighted by molar-refractivity contribution is 6.31. The Labute approximate surface area is 144 Å². The molecule has 1 amide bonds. The van der Waals surface area contributed by atoms with Gasteiger partial charge in [-0.15, -0.1) is 0 Å². The van der Waals surface area contributed by atoms with Gasteiger partial charge in [-0.1, -0.05) is 23.7 Å². The van der Waals surface area contributed by atoms with Crippen LogP contribution in [0.5, 0.6) is 5.75 Å². The zero-order valence-corrected chi connectivity index (χ0v) is 13.6. The highest BCUT2D eigenvalue weighted by atomic mass is 35.5. The Morgan fingerprint density at radius 2 is 2.00 bits per heavy atom. The largest absolute Gasteiger partial charge is 0.506 e. The molecule has 0 fully saturated rings. The van der Waals surface area contributed by atoms with Gasteiger partial charge in [0.15, 0.2) is 0 Å². The maximum Gasteiger partial charge on any atom is 0.256 e. The third-order valence-corrected chi connectivity index (χ3v) is 4.59. The summed E-state index contributed by atoms with van der Waals surface area (Å²) in [6.45, 7) is 0. The van der Waals surface area contributed by atoms with Crippen molar-refractivity contribution >= 4 is 34.1 Å². The molecule has 120 valence electrons. The molecule has 2 aromatic carbocycles. The molecule has 0 unspecified atom stereocenters. The summed E-state index contributed by atoms with van der Waals surface area (Å²) in [5, 5.41) is 14.0. The van der Waals surface area contributed by atoms with Crippen molar-refractivity contribution in [3.05, 3.63) is 64.3 Å². The summed E-state index contributed by atoms with van der Waals surface area (Å²) in [7, 11) is 0. The number of pyridine rings is 1. The fraction of sp³-hybridized carbons (Fsp3) is 0.158. The number of hydrogen-bond donors (Lipinski definition) is 2. The second-order valence-electron chi connectivity index (χ2n) is 5.90. The van der Waals surface area contributed by atoms with Crippen molar-refractivity contribution < 1.29 is 9.90 Å².